The number of aryl methyl sites for hydroxylation is 1. The summed E-state index contributed by atoms with van der Waals surface area (Å²) in [5.74, 6) is 5.86. The van der Waals surface area contributed by atoms with Crippen LogP contribution in [-0.4, -0.2) is 45.1 Å². The maximum atomic E-state index is 12.0. The predicted molar refractivity (Wildman–Crippen MR) is 107 cm³/mol. The largest absolute Gasteiger partial charge is 0.395 e. The summed E-state index contributed by atoms with van der Waals surface area (Å²) in [5, 5.41) is 22.3. The molecule has 4 N–H and O–H groups in total. The summed E-state index contributed by atoms with van der Waals surface area (Å²) in [7, 11) is 0. The number of aromatic amines is 1. The van der Waals surface area contributed by atoms with Gasteiger partial charge in [0.05, 0.1) is 18.8 Å². The molecule has 1 aromatic heterocycles. The third kappa shape index (κ3) is 5.43. The van der Waals surface area contributed by atoms with Crippen LogP contribution in [0.4, 0.5) is 0 Å². The van der Waals surface area contributed by atoms with Gasteiger partial charge in [-0.05, 0) is 24.6 Å². The highest BCUT2D eigenvalue weighted by molar-refractivity contribution is 5.36. The fraction of sp³-hybridized carbons (Fsp3) is 0.429. The Hall–Kier alpha value is -2.70. The van der Waals surface area contributed by atoms with Gasteiger partial charge in [0.1, 0.15) is 6.23 Å². The number of hydrogen-bond acceptors (Lipinski definition) is 6. The topological polar surface area (TPSA) is 117 Å². The van der Waals surface area contributed by atoms with Crippen molar-refractivity contribution in [1.82, 2.24) is 14.9 Å². The first kappa shape index (κ1) is 21.0. The molecule has 8 nitrogen and oxygen atoms in total. The van der Waals surface area contributed by atoms with Crippen molar-refractivity contribution in [1.29, 1.82) is 0 Å². The summed E-state index contributed by atoms with van der Waals surface area (Å²) in [6, 6.07) is 7.77. The number of aliphatic hydroxyl groups is 2. The summed E-state index contributed by atoms with van der Waals surface area (Å²) in [6.07, 6.45) is 0.409. The molecule has 0 unspecified atom stereocenters. The molecule has 29 heavy (non-hydrogen) atoms. The van der Waals surface area contributed by atoms with Crippen LogP contribution in [0.15, 0.2) is 40.1 Å². The average Bonchev–Trinajstić information content (AvgIpc) is 3.06. The normalized spacial score (nSPS) is 21.0. The minimum Gasteiger partial charge on any atom is -0.395 e. The molecule has 0 aliphatic carbocycles. The Bertz CT molecular complexity index is 1000. The molecule has 8 heteroatoms. The molecule has 2 heterocycles. The maximum Gasteiger partial charge on any atom is 0.330 e. The Balaban J connectivity index is 1.53. The number of aromatic nitrogens is 2. The highest BCUT2D eigenvalue weighted by Gasteiger charge is 2.35. The molecular weight excluding hydrogens is 374 g/mol. The summed E-state index contributed by atoms with van der Waals surface area (Å²) in [6.45, 7) is 2.69. The monoisotopic (exact) mass is 399 g/mol. The highest BCUT2D eigenvalue weighted by atomic mass is 16.5. The van der Waals surface area contributed by atoms with Gasteiger partial charge in [0.25, 0.3) is 5.56 Å². The summed E-state index contributed by atoms with van der Waals surface area (Å²) >= 11 is 0. The molecule has 0 amide bonds. The number of nitrogens with zero attached hydrogens (tertiary/aromatic N) is 1. The Morgan fingerprint density at radius 1 is 1.31 bits per heavy atom. The number of aliphatic hydroxyl groups excluding tert-OH is 2. The molecule has 1 fully saturated rings. The third-order valence-electron chi connectivity index (χ3n) is 4.76. The third-order valence-corrected chi connectivity index (χ3v) is 4.76. The number of nitrogens with one attached hydrogen (secondary N) is 2. The van der Waals surface area contributed by atoms with Gasteiger partial charge in [0.15, 0.2) is 0 Å². The van der Waals surface area contributed by atoms with E-state index in [9.17, 15) is 14.7 Å². The molecule has 3 atom stereocenters. The van der Waals surface area contributed by atoms with Crippen LogP contribution in [0.2, 0.25) is 0 Å². The standard InChI is InChI=1S/C21H25N3O5/c1-14-13-24(21(28)23-20(14)27)19-10-17(26)18(29-19)12-22-11-16-7-5-15(6-8-16)4-2-3-9-25/h5-8,13,17-19,22,25-26H,3,9-12H2,1H3,(H,23,27,28)/t17-,18+,19+/m0/s1. The van der Waals surface area contributed by atoms with Crippen molar-refractivity contribution in [2.45, 2.75) is 44.7 Å². The molecule has 1 aromatic carbocycles. The lowest BCUT2D eigenvalue weighted by Gasteiger charge is -2.17. The second kappa shape index (κ2) is 9.67. The Morgan fingerprint density at radius 2 is 2.07 bits per heavy atom. The van der Waals surface area contributed by atoms with Gasteiger partial charge in [-0.2, -0.15) is 0 Å². The van der Waals surface area contributed by atoms with Gasteiger partial charge in [-0.15, -0.1) is 0 Å². The van der Waals surface area contributed by atoms with Crippen LogP contribution in [-0.2, 0) is 11.3 Å². The Morgan fingerprint density at radius 3 is 2.79 bits per heavy atom. The van der Waals surface area contributed by atoms with Crippen molar-refractivity contribution in [2.75, 3.05) is 13.2 Å². The second-order valence-electron chi connectivity index (χ2n) is 7.01. The fourth-order valence-corrected chi connectivity index (χ4v) is 3.15. The van der Waals surface area contributed by atoms with Gasteiger partial charge in [0.2, 0.25) is 0 Å². The average molecular weight is 399 g/mol. The Kier molecular flexibility index (Phi) is 7.01. The highest BCUT2D eigenvalue weighted by Crippen LogP contribution is 2.27. The molecule has 0 bridgehead atoms. The van der Waals surface area contributed by atoms with E-state index in [0.29, 0.717) is 25.1 Å². The maximum absolute atomic E-state index is 12.0. The van der Waals surface area contributed by atoms with Crippen LogP contribution in [0.25, 0.3) is 0 Å². The van der Waals surface area contributed by atoms with E-state index in [4.69, 9.17) is 9.84 Å². The van der Waals surface area contributed by atoms with E-state index in [-0.39, 0.29) is 13.0 Å². The van der Waals surface area contributed by atoms with E-state index < -0.39 is 29.7 Å². The number of H-pyrrole nitrogens is 1. The van der Waals surface area contributed by atoms with E-state index in [1.807, 2.05) is 24.3 Å². The van der Waals surface area contributed by atoms with Gasteiger partial charge in [-0.25, -0.2) is 4.79 Å². The van der Waals surface area contributed by atoms with Gasteiger partial charge < -0.3 is 20.3 Å². The van der Waals surface area contributed by atoms with Crippen molar-refractivity contribution < 1.29 is 14.9 Å². The summed E-state index contributed by atoms with van der Waals surface area (Å²) < 4.78 is 7.15. The zero-order chi connectivity index (χ0) is 20.8. The minimum absolute atomic E-state index is 0.0569. The smallest absolute Gasteiger partial charge is 0.330 e. The molecule has 1 aliphatic rings. The van der Waals surface area contributed by atoms with Gasteiger partial charge in [-0.1, -0.05) is 24.0 Å². The Labute approximate surface area is 168 Å². The zero-order valence-electron chi connectivity index (χ0n) is 16.2. The van der Waals surface area contributed by atoms with Gasteiger partial charge in [0, 0.05) is 43.3 Å². The number of ether oxygens (including phenoxy) is 1. The summed E-state index contributed by atoms with van der Waals surface area (Å²) in [4.78, 5) is 25.8. The van der Waals surface area contributed by atoms with Crippen LogP contribution < -0.4 is 16.6 Å². The molecule has 1 aliphatic heterocycles. The fourth-order valence-electron chi connectivity index (χ4n) is 3.15. The number of hydrogen-bond donors (Lipinski definition) is 4. The number of benzene rings is 1. The van der Waals surface area contributed by atoms with Crippen molar-refractivity contribution in [3.05, 3.63) is 68.0 Å². The molecule has 154 valence electrons. The first-order valence-electron chi connectivity index (χ1n) is 9.53. The lowest BCUT2D eigenvalue weighted by Crippen LogP contribution is -2.35. The molecule has 0 saturated carbocycles. The first-order valence-corrected chi connectivity index (χ1v) is 9.53. The molecule has 1 saturated heterocycles. The van der Waals surface area contributed by atoms with Crippen LogP contribution in [0.5, 0.6) is 0 Å². The van der Waals surface area contributed by atoms with Crippen LogP contribution in [0.1, 0.15) is 35.8 Å². The van der Waals surface area contributed by atoms with Crippen molar-refractivity contribution in [2.24, 2.45) is 0 Å². The lowest BCUT2D eigenvalue weighted by molar-refractivity contribution is -0.0194. The predicted octanol–water partition coefficient (Wildman–Crippen LogP) is 0.0171. The SMILES string of the molecule is Cc1cn([C@H]2C[C@H](O)[C@@H](CNCc3ccc(C#CCCO)cc3)O2)c(=O)[nH]c1=O. The van der Waals surface area contributed by atoms with E-state index >= 15 is 0 Å². The van der Waals surface area contributed by atoms with Crippen LogP contribution in [0.3, 0.4) is 0 Å². The molecule has 0 radical (unpaired) electrons. The van der Waals surface area contributed by atoms with Crippen LogP contribution >= 0.6 is 0 Å². The zero-order valence-corrected chi connectivity index (χ0v) is 16.2. The summed E-state index contributed by atoms with van der Waals surface area (Å²) in [5.41, 5.74) is 1.39. The minimum atomic E-state index is -0.712. The van der Waals surface area contributed by atoms with E-state index in [2.05, 4.69) is 22.1 Å². The molecule has 2 aromatic rings. The molecule has 3 rings (SSSR count). The lowest BCUT2D eigenvalue weighted by atomic mass is 10.1. The quantitative estimate of drug-likeness (QED) is 0.509. The van der Waals surface area contributed by atoms with E-state index in [1.165, 1.54) is 10.8 Å². The van der Waals surface area contributed by atoms with E-state index in [0.717, 1.165) is 11.1 Å². The van der Waals surface area contributed by atoms with Crippen molar-refractivity contribution >= 4 is 0 Å². The van der Waals surface area contributed by atoms with Crippen LogP contribution in [0, 0.1) is 18.8 Å². The van der Waals surface area contributed by atoms with Crippen molar-refractivity contribution in [3.63, 3.8) is 0 Å². The molecule has 0 spiro atoms. The second-order valence-corrected chi connectivity index (χ2v) is 7.01. The number of rotatable bonds is 6. The molecular formula is C21H25N3O5. The van der Waals surface area contributed by atoms with Gasteiger partial charge >= 0.3 is 5.69 Å². The van der Waals surface area contributed by atoms with Crippen molar-refractivity contribution in [3.8, 4) is 11.8 Å². The van der Waals surface area contributed by atoms with Gasteiger partial charge in [-0.3, -0.25) is 14.3 Å². The van der Waals surface area contributed by atoms with E-state index in [1.54, 1.807) is 6.92 Å². The first-order chi connectivity index (χ1) is 14.0.